The van der Waals surface area contributed by atoms with Crippen LogP contribution in [0.2, 0.25) is 0 Å². The summed E-state index contributed by atoms with van der Waals surface area (Å²) < 4.78 is 6.96. The average Bonchev–Trinajstić information content (AvgIpc) is 2.65. The first-order valence-electron chi connectivity index (χ1n) is 4.63. The van der Waals surface area contributed by atoms with Crippen molar-refractivity contribution in [2.24, 2.45) is 7.05 Å². The van der Waals surface area contributed by atoms with E-state index in [1.54, 1.807) is 24.0 Å². The summed E-state index contributed by atoms with van der Waals surface area (Å²) in [7, 11) is 1.79. The molecule has 0 amide bonds. The summed E-state index contributed by atoms with van der Waals surface area (Å²) in [6.45, 7) is 1.98. The normalized spacial score (nSPS) is 22.2. The van der Waals surface area contributed by atoms with E-state index in [4.69, 9.17) is 4.74 Å². The highest BCUT2D eigenvalue weighted by atomic mass is 16.5. The number of Topliss-reactive ketones (excluding diaryl/α,β-unsaturated/α-hetero) is 1. The quantitative estimate of drug-likeness (QED) is 0.652. The summed E-state index contributed by atoms with van der Waals surface area (Å²) in [6.07, 6.45) is 1.38. The number of nitrogens with one attached hydrogen (secondary N) is 1. The molecule has 0 aromatic carbocycles. The lowest BCUT2D eigenvalue weighted by atomic mass is 10.1. The fraction of sp³-hybridized carbons (Fsp3) is 0.556. The molecule has 14 heavy (non-hydrogen) atoms. The van der Waals surface area contributed by atoms with Crippen molar-refractivity contribution in [1.82, 2.24) is 15.1 Å². The van der Waals surface area contributed by atoms with Gasteiger partial charge >= 0.3 is 0 Å². The standard InChI is InChI=1S/C9H13N3O2/c1-12-4-2-7(11-12)9(13)8-6-10-3-5-14-8/h2,4,8,10H,3,5-6H2,1H3. The van der Waals surface area contributed by atoms with Crippen LogP contribution in [-0.4, -0.2) is 41.4 Å². The molecule has 1 fully saturated rings. The Morgan fingerprint density at radius 2 is 2.64 bits per heavy atom. The van der Waals surface area contributed by atoms with Gasteiger partial charge in [-0.05, 0) is 6.07 Å². The van der Waals surface area contributed by atoms with Gasteiger partial charge in [-0.3, -0.25) is 9.48 Å². The van der Waals surface area contributed by atoms with Crippen LogP contribution in [0.25, 0.3) is 0 Å². The summed E-state index contributed by atoms with van der Waals surface area (Å²) in [4.78, 5) is 11.8. The van der Waals surface area contributed by atoms with Crippen molar-refractivity contribution in [3.05, 3.63) is 18.0 Å². The highest BCUT2D eigenvalue weighted by Crippen LogP contribution is 2.05. The maximum atomic E-state index is 11.8. The minimum absolute atomic E-state index is 0.0437. The van der Waals surface area contributed by atoms with E-state index in [9.17, 15) is 4.79 Å². The number of hydrogen-bond acceptors (Lipinski definition) is 4. The Bertz CT molecular complexity index is 329. The van der Waals surface area contributed by atoms with Crippen LogP contribution < -0.4 is 5.32 Å². The molecule has 1 aromatic rings. The van der Waals surface area contributed by atoms with Crippen LogP contribution in [0.4, 0.5) is 0 Å². The Hall–Kier alpha value is -1.20. The number of rotatable bonds is 2. The van der Waals surface area contributed by atoms with Crippen molar-refractivity contribution < 1.29 is 9.53 Å². The zero-order valence-corrected chi connectivity index (χ0v) is 8.06. The van der Waals surface area contributed by atoms with E-state index in [0.29, 0.717) is 18.8 Å². The molecule has 5 heteroatoms. The first-order chi connectivity index (χ1) is 6.77. The van der Waals surface area contributed by atoms with Crippen LogP contribution in [-0.2, 0) is 11.8 Å². The van der Waals surface area contributed by atoms with Crippen LogP contribution in [0.3, 0.4) is 0 Å². The maximum Gasteiger partial charge on any atom is 0.212 e. The van der Waals surface area contributed by atoms with Crippen molar-refractivity contribution in [3.63, 3.8) is 0 Å². The third kappa shape index (κ3) is 1.83. The lowest BCUT2D eigenvalue weighted by Gasteiger charge is -2.21. The second-order valence-electron chi connectivity index (χ2n) is 3.30. The molecule has 2 rings (SSSR count). The summed E-state index contributed by atoms with van der Waals surface area (Å²) in [5.74, 6) is -0.0437. The number of hydrogen-bond donors (Lipinski definition) is 1. The summed E-state index contributed by atoms with van der Waals surface area (Å²) in [5, 5.41) is 7.16. The first-order valence-corrected chi connectivity index (χ1v) is 4.63. The molecular weight excluding hydrogens is 182 g/mol. The number of carbonyl (C=O) groups excluding carboxylic acids is 1. The van der Waals surface area contributed by atoms with Crippen LogP contribution in [0.1, 0.15) is 10.5 Å². The van der Waals surface area contributed by atoms with Gasteiger partial charge in [-0.15, -0.1) is 0 Å². The molecule has 1 aromatic heterocycles. The molecule has 1 saturated heterocycles. The van der Waals surface area contributed by atoms with Crippen LogP contribution in [0.5, 0.6) is 0 Å². The second kappa shape index (κ2) is 3.89. The van der Waals surface area contributed by atoms with Crippen LogP contribution in [0.15, 0.2) is 12.3 Å². The van der Waals surface area contributed by atoms with Gasteiger partial charge in [0, 0.05) is 26.3 Å². The van der Waals surface area contributed by atoms with E-state index < -0.39 is 0 Å². The lowest BCUT2D eigenvalue weighted by Crippen LogP contribution is -2.43. The molecule has 76 valence electrons. The fourth-order valence-corrected chi connectivity index (χ4v) is 1.45. The molecule has 0 radical (unpaired) electrons. The molecule has 5 nitrogen and oxygen atoms in total. The summed E-state index contributed by atoms with van der Waals surface area (Å²) >= 11 is 0. The third-order valence-corrected chi connectivity index (χ3v) is 2.19. The minimum Gasteiger partial charge on any atom is -0.367 e. The van der Waals surface area contributed by atoms with Gasteiger partial charge in [0.25, 0.3) is 0 Å². The molecule has 1 N–H and O–H groups in total. The summed E-state index contributed by atoms with van der Waals surface area (Å²) in [6, 6.07) is 1.71. The van der Waals surface area contributed by atoms with Crippen molar-refractivity contribution >= 4 is 5.78 Å². The van der Waals surface area contributed by atoms with Gasteiger partial charge in [-0.1, -0.05) is 0 Å². The molecule has 1 unspecified atom stereocenters. The van der Waals surface area contributed by atoms with Gasteiger partial charge in [0.2, 0.25) is 5.78 Å². The number of aryl methyl sites for hydroxylation is 1. The second-order valence-corrected chi connectivity index (χ2v) is 3.30. The Labute approximate surface area is 82.0 Å². The molecule has 1 aliphatic rings. The van der Waals surface area contributed by atoms with E-state index in [2.05, 4.69) is 10.4 Å². The smallest absolute Gasteiger partial charge is 0.212 e. The van der Waals surface area contributed by atoms with E-state index in [0.717, 1.165) is 6.54 Å². The van der Waals surface area contributed by atoms with Crippen molar-refractivity contribution in [2.75, 3.05) is 19.7 Å². The number of carbonyl (C=O) groups is 1. The van der Waals surface area contributed by atoms with Gasteiger partial charge in [0.1, 0.15) is 11.8 Å². The predicted molar refractivity (Wildman–Crippen MR) is 50.1 cm³/mol. The Balaban J connectivity index is 2.07. The van der Waals surface area contributed by atoms with Crippen LogP contribution in [0, 0.1) is 0 Å². The van der Waals surface area contributed by atoms with Gasteiger partial charge < -0.3 is 10.1 Å². The average molecular weight is 195 g/mol. The molecule has 1 aliphatic heterocycles. The highest BCUT2D eigenvalue weighted by molar-refractivity contribution is 5.97. The molecule has 0 saturated carbocycles. The molecular formula is C9H13N3O2. The number of morpholine rings is 1. The van der Waals surface area contributed by atoms with E-state index >= 15 is 0 Å². The topological polar surface area (TPSA) is 56.2 Å². The summed E-state index contributed by atoms with van der Waals surface area (Å²) in [5.41, 5.74) is 0.473. The van der Waals surface area contributed by atoms with E-state index in [1.165, 1.54) is 0 Å². The van der Waals surface area contributed by atoms with Gasteiger partial charge in [-0.25, -0.2) is 0 Å². The first kappa shape index (κ1) is 9.36. The zero-order chi connectivity index (χ0) is 9.97. The fourth-order valence-electron chi connectivity index (χ4n) is 1.45. The van der Waals surface area contributed by atoms with E-state index in [-0.39, 0.29) is 11.9 Å². The molecule has 0 bridgehead atoms. The Morgan fingerprint density at radius 3 is 3.21 bits per heavy atom. The maximum absolute atomic E-state index is 11.8. The number of ether oxygens (including phenoxy) is 1. The minimum atomic E-state index is -0.376. The molecule has 2 heterocycles. The molecule has 0 aliphatic carbocycles. The number of aromatic nitrogens is 2. The Kier molecular flexibility index (Phi) is 2.60. The van der Waals surface area contributed by atoms with Crippen LogP contribution >= 0.6 is 0 Å². The predicted octanol–water partition coefficient (Wildman–Crippen LogP) is -0.409. The molecule has 0 spiro atoms. The zero-order valence-electron chi connectivity index (χ0n) is 8.06. The largest absolute Gasteiger partial charge is 0.367 e. The van der Waals surface area contributed by atoms with Gasteiger partial charge in [-0.2, -0.15) is 5.10 Å². The van der Waals surface area contributed by atoms with Gasteiger partial charge in [0.05, 0.1) is 6.61 Å². The number of ketones is 1. The number of nitrogens with zero attached hydrogens (tertiary/aromatic N) is 2. The van der Waals surface area contributed by atoms with Crippen molar-refractivity contribution in [3.8, 4) is 0 Å². The third-order valence-electron chi connectivity index (χ3n) is 2.19. The monoisotopic (exact) mass is 195 g/mol. The molecule has 1 atom stereocenters. The highest BCUT2D eigenvalue weighted by Gasteiger charge is 2.24. The van der Waals surface area contributed by atoms with Gasteiger partial charge in [0.15, 0.2) is 0 Å². The lowest BCUT2D eigenvalue weighted by molar-refractivity contribution is 0.0265. The Morgan fingerprint density at radius 1 is 1.79 bits per heavy atom. The SMILES string of the molecule is Cn1ccc(C(=O)C2CNCCO2)n1. The van der Waals surface area contributed by atoms with Crippen molar-refractivity contribution in [2.45, 2.75) is 6.10 Å². The van der Waals surface area contributed by atoms with E-state index in [1.807, 2.05) is 0 Å². The van der Waals surface area contributed by atoms with Crippen molar-refractivity contribution in [1.29, 1.82) is 0 Å².